The minimum atomic E-state index is -0.693. The topological polar surface area (TPSA) is 63.3 Å². The number of rotatable bonds is 1. The molecule has 2 fully saturated rings. The van der Waals surface area contributed by atoms with E-state index in [4.69, 9.17) is 10.8 Å². The Morgan fingerprint density at radius 3 is 2.33 bits per heavy atom. The maximum absolute atomic E-state index is 10.9. The van der Waals surface area contributed by atoms with Crippen molar-refractivity contribution in [2.24, 2.45) is 29.4 Å². The van der Waals surface area contributed by atoms with Gasteiger partial charge in [-0.15, -0.1) is 0 Å². The van der Waals surface area contributed by atoms with Gasteiger partial charge in [0, 0.05) is 6.04 Å². The molecule has 4 unspecified atom stereocenters. The highest BCUT2D eigenvalue weighted by Gasteiger charge is 2.53. The van der Waals surface area contributed by atoms with Gasteiger partial charge in [0.15, 0.2) is 0 Å². The molecule has 0 spiro atoms. The maximum atomic E-state index is 10.9. The van der Waals surface area contributed by atoms with Crippen LogP contribution in [0.5, 0.6) is 0 Å². The summed E-state index contributed by atoms with van der Waals surface area (Å²) < 4.78 is 0. The molecule has 0 aromatic rings. The summed E-state index contributed by atoms with van der Waals surface area (Å²) in [6.45, 7) is 2.14. The van der Waals surface area contributed by atoms with E-state index in [2.05, 4.69) is 6.92 Å². The van der Waals surface area contributed by atoms with Gasteiger partial charge in [0.1, 0.15) is 0 Å². The van der Waals surface area contributed by atoms with E-state index in [0.717, 1.165) is 12.8 Å². The highest BCUT2D eigenvalue weighted by Crippen LogP contribution is 2.51. The smallest absolute Gasteiger partial charge is 0.308 e. The lowest BCUT2D eigenvalue weighted by Crippen LogP contribution is -2.40. The van der Waals surface area contributed by atoms with Crippen LogP contribution in [0, 0.1) is 23.7 Å². The van der Waals surface area contributed by atoms with Crippen LogP contribution < -0.4 is 5.73 Å². The Hall–Kier alpha value is -0.570. The molecule has 0 aromatic carbocycles. The Balaban J connectivity index is 2.23. The second kappa shape index (κ2) is 2.46. The third-order valence-electron chi connectivity index (χ3n) is 3.84. The van der Waals surface area contributed by atoms with Crippen LogP contribution in [-0.2, 0) is 4.79 Å². The van der Waals surface area contributed by atoms with Crippen molar-refractivity contribution in [1.82, 2.24) is 0 Å². The molecule has 0 aromatic heterocycles. The van der Waals surface area contributed by atoms with Crippen LogP contribution in [0.15, 0.2) is 0 Å². The third-order valence-corrected chi connectivity index (χ3v) is 3.84. The summed E-state index contributed by atoms with van der Waals surface area (Å²) in [4.78, 5) is 10.9. The number of carboxylic acid groups (broad SMARTS) is 1. The number of hydrogen-bond donors (Lipinski definition) is 2. The summed E-state index contributed by atoms with van der Waals surface area (Å²) in [5.74, 6) is 0.389. The molecule has 0 saturated heterocycles. The van der Waals surface area contributed by atoms with Gasteiger partial charge >= 0.3 is 5.97 Å². The minimum Gasteiger partial charge on any atom is -0.481 e. The van der Waals surface area contributed by atoms with Gasteiger partial charge in [0.2, 0.25) is 0 Å². The second-order valence-electron chi connectivity index (χ2n) is 4.21. The first-order valence-corrected chi connectivity index (χ1v) is 4.61. The molecule has 0 aliphatic heterocycles. The summed E-state index contributed by atoms with van der Waals surface area (Å²) in [7, 11) is 0. The average molecular weight is 169 g/mol. The molecule has 2 aliphatic carbocycles. The highest BCUT2D eigenvalue weighted by molar-refractivity contribution is 5.72. The molecule has 2 saturated carbocycles. The van der Waals surface area contributed by atoms with E-state index >= 15 is 0 Å². The van der Waals surface area contributed by atoms with E-state index < -0.39 is 5.97 Å². The zero-order valence-electron chi connectivity index (χ0n) is 7.23. The maximum Gasteiger partial charge on any atom is 0.308 e. The summed E-state index contributed by atoms with van der Waals surface area (Å²) in [5, 5.41) is 8.94. The summed E-state index contributed by atoms with van der Waals surface area (Å²) in [5.41, 5.74) is 5.87. The predicted octanol–water partition coefficient (Wildman–Crippen LogP) is 0.690. The van der Waals surface area contributed by atoms with Gasteiger partial charge in [-0.25, -0.2) is 0 Å². The van der Waals surface area contributed by atoms with Crippen LogP contribution in [0.3, 0.4) is 0 Å². The lowest BCUT2D eigenvalue weighted by Gasteiger charge is -2.23. The molecular weight excluding hydrogens is 154 g/mol. The van der Waals surface area contributed by atoms with Crippen molar-refractivity contribution in [1.29, 1.82) is 0 Å². The van der Waals surface area contributed by atoms with Crippen molar-refractivity contribution < 1.29 is 9.90 Å². The minimum absolute atomic E-state index is 0.0868. The zero-order chi connectivity index (χ0) is 8.88. The van der Waals surface area contributed by atoms with Crippen LogP contribution in [0.2, 0.25) is 0 Å². The number of carbonyl (C=O) groups is 1. The first kappa shape index (κ1) is 8.05. The molecule has 3 N–H and O–H groups in total. The fourth-order valence-electron chi connectivity index (χ4n) is 3.18. The molecule has 3 heteroatoms. The molecule has 2 bridgehead atoms. The SMILES string of the molecule is C[C@@H]1C2CCC1C(C(=O)O)C2N. The van der Waals surface area contributed by atoms with E-state index in [9.17, 15) is 4.79 Å². The first-order valence-electron chi connectivity index (χ1n) is 4.61. The lowest BCUT2D eigenvalue weighted by molar-refractivity contribution is -0.144. The molecule has 0 amide bonds. The molecule has 68 valence electrons. The predicted molar refractivity (Wildman–Crippen MR) is 44.5 cm³/mol. The van der Waals surface area contributed by atoms with Gasteiger partial charge in [-0.05, 0) is 30.6 Å². The van der Waals surface area contributed by atoms with Crippen molar-refractivity contribution in [3.63, 3.8) is 0 Å². The molecule has 5 atom stereocenters. The third kappa shape index (κ3) is 0.829. The second-order valence-corrected chi connectivity index (χ2v) is 4.21. The largest absolute Gasteiger partial charge is 0.481 e. The molecule has 2 rings (SSSR count). The highest BCUT2D eigenvalue weighted by atomic mass is 16.4. The van der Waals surface area contributed by atoms with Crippen molar-refractivity contribution in [3.05, 3.63) is 0 Å². The van der Waals surface area contributed by atoms with E-state index in [1.54, 1.807) is 0 Å². The van der Waals surface area contributed by atoms with Crippen molar-refractivity contribution in [2.75, 3.05) is 0 Å². The van der Waals surface area contributed by atoms with E-state index in [1.165, 1.54) is 0 Å². The number of hydrogen-bond acceptors (Lipinski definition) is 2. The summed E-state index contributed by atoms with van der Waals surface area (Å²) in [6, 6.07) is -0.0868. The van der Waals surface area contributed by atoms with Gasteiger partial charge in [-0.1, -0.05) is 6.92 Å². The number of aliphatic carboxylic acids is 1. The molecule has 12 heavy (non-hydrogen) atoms. The van der Waals surface area contributed by atoms with E-state index in [-0.39, 0.29) is 12.0 Å². The van der Waals surface area contributed by atoms with Gasteiger partial charge in [0.05, 0.1) is 5.92 Å². The molecule has 0 heterocycles. The van der Waals surface area contributed by atoms with Gasteiger partial charge < -0.3 is 10.8 Å². The van der Waals surface area contributed by atoms with Crippen LogP contribution in [0.1, 0.15) is 19.8 Å². The Kier molecular flexibility index (Phi) is 1.65. The van der Waals surface area contributed by atoms with Gasteiger partial charge in [-0.2, -0.15) is 0 Å². The Morgan fingerprint density at radius 1 is 1.42 bits per heavy atom. The number of nitrogens with two attached hydrogens (primary N) is 1. The summed E-state index contributed by atoms with van der Waals surface area (Å²) in [6.07, 6.45) is 2.20. The monoisotopic (exact) mass is 169 g/mol. The number of fused-ring (bicyclic) bond motifs is 2. The fourth-order valence-corrected chi connectivity index (χ4v) is 3.18. The van der Waals surface area contributed by atoms with E-state index in [0.29, 0.717) is 17.8 Å². The Morgan fingerprint density at radius 2 is 2.00 bits per heavy atom. The van der Waals surface area contributed by atoms with Crippen LogP contribution in [-0.4, -0.2) is 17.1 Å². The van der Waals surface area contributed by atoms with Gasteiger partial charge in [0.25, 0.3) is 0 Å². The lowest BCUT2D eigenvalue weighted by atomic mass is 9.85. The van der Waals surface area contributed by atoms with Crippen LogP contribution in [0.4, 0.5) is 0 Å². The quantitative estimate of drug-likeness (QED) is 0.607. The van der Waals surface area contributed by atoms with E-state index in [1.807, 2.05) is 0 Å². The zero-order valence-corrected chi connectivity index (χ0v) is 7.23. The first-order chi connectivity index (χ1) is 5.63. The molecule has 3 nitrogen and oxygen atoms in total. The van der Waals surface area contributed by atoms with Crippen LogP contribution >= 0.6 is 0 Å². The van der Waals surface area contributed by atoms with Crippen LogP contribution in [0.25, 0.3) is 0 Å². The standard InChI is InChI=1S/C9H15NO2/c1-4-5-2-3-6(4)8(10)7(5)9(11)12/h4-8H,2-3,10H2,1H3,(H,11,12)/t4-,5?,6?,7?,8?/m0/s1. The van der Waals surface area contributed by atoms with Crippen molar-refractivity contribution >= 4 is 5.97 Å². The van der Waals surface area contributed by atoms with Gasteiger partial charge in [-0.3, -0.25) is 4.79 Å². The molecule has 0 radical (unpaired) electrons. The number of carboxylic acids is 1. The Bertz CT molecular complexity index is 217. The average Bonchev–Trinajstić information content (AvgIpc) is 2.43. The molecule has 2 aliphatic rings. The Labute approximate surface area is 71.9 Å². The van der Waals surface area contributed by atoms with Crippen molar-refractivity contribution in [2.45, 2.75) is 25.8 Å². The fraction of sp³-hybridized carbons (Fsp3) is 0.889. The normalized spacial score (nSPS) is 51.3. The molecular formula is C9H15NO2. The van der Waals surface area contributed by atoms with Crippen molar-refractivity contribution in [3.8, 4) is 0 Å². The summed E-state index contributed by atoms with van der Waals surface area (Å²) >= 11 is 0.